The van der Waals surface area contributed by atoms with Gasteiger partial charge in [0, 0.05) is 33.0 Å². The van der Waals surface area contributed by atoms with Gasteiger partial charge in [-0.3, -0.25) is 4.79 Å². The first-order chi connectivity index (χ1) is 10.1. The molecule has 0 aromatic carbocycles. The van der Waals surface area contributed by atoms with E-state index in [0.717, 1.165) is 32.4 Å². The molecule has 2 rings (SSSR count). The summed E-state index contributed by atoms with van der Waals surface area (Å²) < 4.78 is 5.11. The van der Waals surface area contributed by atoms with Crippen LogP contribution in [0.15, 0.2) is 12.3 Å². The van der Waals surface area contributed by atoms with Gasteiger partial charge in [0.15, 0.2) is 0 Å². The zero-order chi connectivity index (χ0) is 15.3. The number of aromatic nitrogens is 1. The SMILES string of the molecule is CCNc1ncc(C(=O)NCC2(CCOC)CC2)cc1Cl. The van der Waals surface area contributed by atoms with E-state index < -0.39 is 0 Å². The van der Waals surface area contributed by atoms with Gasteiger partial charge in [-0.05, 0) is 37.7 Å². The lowest BCUT2D eigenvalue weighted by Gasteiger charge is -2.15. The lowest BCUT2D eigenvalue weighted by Crippen LogP contribution is -2.31. The average molecular weight is 312 g/mol. The molecule has 2 N–H and O–H groups in total. The number of rotatable bonds is 8. The van der Waals surface area contributed by atoms with E-state index >= 15 is 0 Å². The first-order valence-electron chi connectivity index (χ1n) is 7.27. The highest BCUT2D eigenvalue weighted by molar-refractivity contribution is 6.33. The third-order valence-electron chi connectivity index (χ3n) is 3.87. The first-order valence-corrected chi connectivity index (χ1v) is 7.64. The topological polar surface area (TPSA) is 63.2 Å². The maximum Gasteiger partial charge on any atom is 0.252 e. The van der Waals surface area contributed by atoms with Crippen LogP contribution in [0.5, 0.6) is 0 Å². The molecule has 116 valence electrons. The molecule has 21 heavy (non-hydrogen) atoms. The van der Waals surface area contributed by atoms with E-state index in [1.54, 1.807) is 19.4 Å². The molecule has 0 atom stereocenters. The molecule has 1 aliphatic carbocycles. The van der Waals surface area contributed by atoms with Crippen molar-refractivity contribution < 1.29 is 9.53 Å². The summed E-state index contributed by atoms with van der Waals surface area (Å²) >= 11 is 6.10. The van der Waals surface area contributed by atoms with Crippen LogP contribution in [-0.2, 0) is 4.74 Å². The maximum atomic E-state index is 12.2. The predicted molar refractivity (Wildman–Crippen MR) is 83.9 cm³/mol. The summed E-state index contributed by atoms with van der Waals surface area (Å²) in [6, 6.07) is 1.65. The number of halogens is 1. The molecule has 0 bridgehead atoms. The number of hydrogen-bond acceptors (Lipinski definition) is 4. The fraction of sp³-hybridized carbons (Fsp3) is 0.600. The second-order valence-corrected chi connectivity index (χ2v) is 5.92. The number of nitrogens with one attached hydrogen (secondary N) is 2. The number of methoxy groups -OCH3 is 1. The van der Waals surface area contributed by atoms with Gasteiger partial charge in [-0.25, -0.2) is 4.98 Å². The van der Waals surface area contributed by atoms with Crippen LogP contribution in [0.25, 0.3) is 0 Å². The molecule has 1 fully saturated rings. The molecule has 1 amide bonds. The zero-order valence-corrected chi connectivity index (χ0v) is 13.3. The largest absolute Gasteiger partial charge is 0.385 e. The van der Waals surface area contributed by atoms with Crippen molar-refractivity contribution in [2.45, 2.75) is 26.2 Å². The molecule has 0 radical (unpaired) electrons. The van der Waals surface area contributed by atoms with Gasteiger partial charge >= 0.3 is 0 Å². The Hall–Kier alpha value is -1.33. The molecule has 1 aromatic rings. The Labute approximate surface area is 130 Å². The molecule has 0 spiro atoms. The van der Waals surface area contributed by atoms with E-state index in [4.69, 9.17) is 16.3 Å². The van der Waals surface area contributed by atoms with Crippen LogP contribution in [0.3, 0.4) is 0 Å². The number of ether oxygens (including phenoxy) is 1. The molecule has 1 heterocycles. The minimum absolute atomic E-state index is 0.129. The Kier molecular flexibility index (Phi) is 5.42. The van der Waals surface area contributed by atoms with Crippen LogP contribution in [0.1, 0.15) is 36.5 Å². The highest BCUT2D eigenvalue weighted by Crippen LogP contribution is 2.48. The third kappa shape index (κ3) is 4.32. The molecular formula is C15H22ClN3O2. The molecule has 1 aromatic heterocycles. The molecule has 1 aliphatic rings. The summed E-state index contributed by atoms with van der Waals surface area (Å²) in [6.07, 6.45) is 4.83. The summed E-state index contributed by atoms with van der Waals surface area (Å²) in [5.41, 5.74) is 0.719. The maximum absolute atomic E-state index is 12.2. The number of amides is 1. The molecule has 1 saturated carbocycles. The Morgan fingerprint density at radius 3 is 2.86 bits per heavy atom. The van der Waals surface area contributed by atoms with Crippen LogP contribution in [0.2, 0.25) is 5.02 Å². The second-order valence-electron chi connectivity index (χ2n) is 5.51. The Balaban J connectivity index is 1.90. The number of nitrogens with zero attached hydrogens (tertiary/aromatic N) is 1. The van der Waals surface area contributed by atoms with E-state index in [9.17, 15) is 4.79 Å². The lowest BCUT2D eigenvalue weighted by atomic mass is 10.0. The molecular weight excluding hydrogens is 290 g/mol. The highest BCUT2D eigenvalue weighted by atomic mass is 35.5. The van der Waals surface area contributed by atoms with Gasteiger partial charge in [-0.15, -0.1) is 0 Å². The van der Waals surface area contributed by atoms with Gasteiger partial charge < -0.3 is 15.4 Å². The number of pyridine rings is 1. The van der Waals surface area contributed by atoms with Gasteiger partial charge in [0.05, 0.1) is 10.6 Å². The van der Waals surface area contributed by atoms with E-state index in [1.807, 2.05) is 6.92 Å². The van der Waals surface area contributed by atoms with Gasteiger partial charge in [0.2, 0.25) is 0 Å². The molecule has 0 saturated heterocycles. The minimum atomic E-state index is -0.129. The minimum Gasteiger partial charge on any atom is -0.385 e. The van der Waals surface area contributed by atoms with Gasteiger partial charge in [0.1, 0.15) is 5.82 Å². The average Bonchev–Trinajstić information content (AvgIpc) is 3.25. The number of anilines is 1. The van der Waals surface area contributed by atoms with E-state index in [2.05, 4.69) is 15.6 Å². The first kappa shape index (κ1) is 16.0. The van der Waals surface area contributed by atoms with Gasteiger partial charge in [-0.2, -0.15) is 0 Å². The van der Waals surface area contributed by atoms with Crippen LogP contribution >= 0.6 is 11.6 Å². The fourth-order valence-electron chi connectivity index (χ4n) is 2.24. The summed E-state index contributed by atoms with van der Waals surface area (Å²) in [7, 11) is 1.70. The van der Waals surface area contributed by atoms with Crippen molar-refractivity contribution in [2.75, 3.05) is 32.1 Å². The normalized spacial score (nSPS) is 15.6. The quantitative estimate of drug-likeness (QED) is 0.775. The van der Waals surface area contributed by atoms with Crippen LogP contribution in [0.4, 0.5) is 5.82 Å². The molecule has 6 heteroatoms. The highest BCUT2D eigenvalue weighted by Gasteiger charge is 2.42. The smallest absolute Gasteiger partial charge is 0.252 e. The standard InChI is InChI=1S/C15H22ClN3O2/c1-3-17-13-12(16)8-11(9-18-13)14(20)19-10-15(4-5-15)6-7-21-2/h8-9H,3-7,10H2,1-2H3,(H,17,18)(H,19,20). The van der Waals surface area contributed by atoms with Crippen LogP contribution < -0.4 is 10.6 Å². The van der Waals surface area contributed by atoms with Crippen LogP contribution in [0, 0.1) is 5.41 Å². The number of hydrogen-bond donors (Lipinski definition) is 2. The van der Waals surface area contributed by atoms with E-state index in [1.165, 1.54) is 0 Å². The molecule has 0 aliphatic heterocycles. The fourth-order valence-corrected chi connectivity index (χ4v) is 2.47. The van der Waals surface area contributed by atoms with Crippen LogP contribution in [-0.4, -0.2) is 37.7 Å². The zero-order valence-electron chi connectivity index (χ0n) is 12.5. The van der Waals surface area contributed by atoms with Gasteiger partial charge in [-0.1, -0.05) is 11.6 Å². The van der Waals surface area contributed by atoms with Crippen molar-refractivity contribution in [1.82, 2.24) is 10.3 Å². The summed E-state index contributed by atoms with van der Waals surface area (Å²) in [4.78, 5) is 16.3. The van der Waals surface area contributed by atoms with E-state index in [0.29, 0.717) is 22.9 Å². The molecule has 0 unspecified atom stereocenters. The number of carbonyl (C=O) groups is 1. The van der Waals surface area contributed by atoms with Crippen molar-refractivity contribution in [3.05, 3.63) is 22.8 Å². The number of carbonyl (C=O) groups excluding carboxylic acids is 1. The van der Waals surface area contributed by atoms with Crippen molar-refractivity contribution in [2.24, 2.45) is 5.41 Å². The van der Waals surface area contributed by atoms with E-state index in [-0.39, 0.29) is 11.3 Å². The summed E-state index contributed by atoms with van der Waals surface area (Å²) in [5, 5.41) is 6.48. The van der Waals surface area contributed by atoms with Crippen molar-refractivity contribution in [3.8, 4) is 0 Å². The summed E-state index contributed by atoms with van der Waals surface area (Å²) in [6.45, 7) is 4.12. The van der Waals surface area contributed by atoms with Crippen molar-refractivity contribution >= 4 is 23.3 Å². The molecule has 5 nitrogen and oxygen atoms in total. The Morgan fingerprint density at radius 2 is 2.29 bits per heavy atom. The lowest BCUT2D eigenvalue weighted by molar-refractivity contribution is 0.0937. The third-order valence-corrected chi connectivity index (χ3v) is 4.15. The Morgan fingerprint density at radius 1 is 1.52 bits per heavy atom. The van der Waals surface area contributed by atoms with Crippen molar-refractivity contribution in [3.63, 3.8) is 0 Å². The second kappa shape index (κ2) is 7.09. The Bertz CT molecular complexity index is 504. The summed E-state index contributed by atoms with van der Waals surface area (Å²) in [5.74, 6) is 0.477. The monoisotopic (exact) mass is 311 g/mol. The van der Waals surface area contributed by atoms with Gasteiger partial charge in [0.25, 0.3) is 5.91 Å². The van der Waals surface area contributed by atoms with Crippen molar-refractivity contribution in [1.29, 1.82) is 0 Å². The predicted octanol–water partition coefficient (Wildman–Crippen LogP) is 2.71.